The van der Waals surface area contributed by atoms with Crippen molar-refractivity contribution in [1.29, 1.82) is 0 Å². The van der Waals surface area contributed by atoms with E-state index in [4.69, 9.17) is 4.74 Å². The van der Waals surface area contributed by atoms with Crippen LogP contribution in [-0.4, -0.2) is 47.2 Å². The van der Waals surface area contributed by atoms with E-state index in [-0.39, 0.29) is 5.91 Å². The van der Waals surface area contributed by atoms with Crippen LogP contribution in [0.4, 0.5) is 0 Å². The van der Waals surface area contributed by atoms with Crippen molar-refractivity contribution >= 4 is 11.9 Å². The molecule has 0 aromatic heterocycles. The number of likely N-dealkylation sites (tertiary alicyclic amines) is 1. The quantitative estimate of drug-likeness (QED) is 0.713. The SMILES string of the molecule is O=C1CCCN1C1(C(=O)O)CCOCC1. The summed E-state index contributed by atoms with van der Waals surface area (Å²) in [6.45, 7) is 1.43. The number of ether oxygens (including phenoxy) is 1. The Hall–Kier alpha value is -1.10. The van der Waals surface area contributed by atoms with Gasteiger partial charge in [-0.2, -0.15) is 0 Å². The average molecular weight is 213 g/mol. The Morgan fingerprint density at radius 2 is 2.07 bits per heavy atom. The van der Waals surface area contributed by atoms with Crippen LogP contribution in [0.3, 0.4) is 0 Å². The number of carbonyl (C=O) groups excluding carboxylic acids is 1. The molecule has 5 heteroatoms. The van der Waals surface area contributed by atoms with Crippen molar-refractivity contribution in [1.82, 2.24) is 4.90 Å². The molecule has 0 aliphatic carbocycles. The van der Waals surface area contributed by atoms with Gasteiger partial charge in [0.05, 0.1) is 0 Å². The van der Waals surface area contributed by atoms with E-state index < -0.39 is 11.5 Å². The maximum Gasteiger partial charge on any atom is 0.329 e. The van der Waals surface area contributed by atoms with E-state index in [9.17, 15) is 14.7 Å². The number of amides is 1. The van der Waals surface area contributed by atoms with E-state index in [1.54, 1.807) is 0 Å². The lowest BCUT2D eigenvalue weighted by Crippen LogP contribution is -2.58. The van der Waals surface area contributed by atoms with Crippen LogP contribution < -0.4 is 0 Å². The van der Waals surface area contributed by atoms with Crippen LogP contribution in [0, 0.1) is 0 Å². The van der Waals surface area contributed by atoms with Crippen molar-refractivity contribution in [3.8, 4) is 0 Å². The Balaban J connectivity index is 2.24. The summed E-state index contributed by atoms with van der Waals surface area (Å²) in [5.41, 5.74) is -0.994. The van der Waals surface area contributed by atoms with Crippen LogP contribution in [0.5, 0.6) is 0 Å². The molecule has 0 aromatic carbocycles. The van der Waals surface area contributed by atoms with Gasteiger partial charge in [0.25, 0.3) is 0 Å². The molecule has 5 nitrogen and oxygen atoms in total. The standard InChI is InChI=1S/C10H15NO4/c12-8-2-1-5-11(8)10(9(13)14)3-6-15-7-4-10/h1-7H2,(H,13,14). The summed E-state index contributed by atoms with van der Waals surface area (Å²) in [6.07, 6.45) is 2.08. The maximum absolute atomic E-state index is 11.6. The minimum atomic E-state index is -0.994. The Kier molecular flexibility index (Phi) is 2.65. The minimum absolute atomic E-state index is 0.0284. The minimum Gasteiger partial charge on any atom is -0.479 e. The van der Waals surface area contributed by atoms with E-state index in [0.29, 0.717) is 39.0 Å². The molecule has 0 aromatic rings. The van der Waals surface area contributed by atoms with Gasteiger partial charge in [0.1, 0.15) is 5.54 Å². The predicted molar refractivity (Wildman–Crippen MR) is 51.4 cm³/mol. The third-order valence-electron chi connectivity index (χ3n) is 3.31. The highest BCUT2D eigenvalue weighted by Crippen LogP contribution is 2.32. The molecule has 1 N–H and O–H groups in total. The second-order valence-electron chi connectivity index (χ2n) is 4.10. The molecule has 2 rings (SSSR count). The molecule has 0 spiro atoms. The third kappa shape index (κ3) is 1.61. The van der Waals surface area contributed by atoms with Crippen LogP contribution in [0.15, 0.2) is 0 Å². The lowest BCUT2D eigenvalue weighted by molar-refractivity contribution is -0.163. The highest BCUT2D eigenvalue weighted by molar-refractivity contribution is 5.88. The summed E-state index contributed by atoms with van der Waals surface area (Å²) in [5.74, 6) is -0.916. The zero-order valence-electron chi connectivity index (χ0n) is 8.57. The molecule has 0 unspecified atom stereocenters. The fourth-order valence-corrected chi connectivity index (χ4v) is 2.41. The number of carbonyl (C=O) groups is 2. The molecule has 15 heavy (non-hydrogen) atoms. The molecule has 2 heterocycles. The third-order valence-corrected chi connectivity index (χ3v) is 3.31. The fourth-order valence-electron chi connectivity index (χ4n) is 2.41. The second kappa shape index (κ2) is 3.81. The maximum atomic E-state index is 11.6. The van der Waals surface area contributed by atoms with E-state index in [0.717, 1.165) is 6.42 Å². The molecular formula is C10H15NO4. The predicted octanol–water partition coefficient (Wildman–Crippen LogP) is 0.243. The van der Waals surface area contributed by atoms with Crippen LogP contribution in [0.2, 0.25) is 0 Å². The van der Waals surface area contributed by atoms with Crippen molar-refractivity contribution < 1.29 is 19.4 Å². The molecule has 2 saturated heterocycles. The molecule has 1 amide bonds. The first-order chi connectivity index (χ1) is 7.17. The summed E-state index contributed by atoms with van der Waals surface area (Å²) in [6, 6.07) is 0. The van der Waals surface area contributed by atoms with Crippen LogP contribution in [-0.2, 0) is 14.3 Å². The van der Waals surface area contributed by atoms with Gasteiger partial charge in [-0.25, -0.2) is 4.79 Å². The number of hydrogen-bond acceptors (Lipinski definition) is 3. The second-order valence-corrected chi connectivity index (χ2v) is 4.10. The lowest BCUT2D eigenvalue weighted by atomic mass is 9.88. The normalized spacial score (nSPS) is 25.6. The first kappa shape index (κ1) is 10.4. The van der Waals surface area contributed by atoms with E-state index in [2.05, 4.69) is 0 Å². The van der Waals surface area contributed by atoms with Crippen molar-refractivity contribution in [3.05, 3.63) is 0 Å². The molecule has 2 aliphatic rings. The largest absolute Gasteiger partial charge is 0.479 e. The monoisotopic (exact) mass is 213 g/mol. The molecule has 2 fully saturated rings. The highest BCUT2D eigenvalue weighted by Gasteiger charge is 2.48. The Morgan fingerprint density at radius 1 is 1.40 bits per heavy atom. The van der Waals surface area contributed by atoms with E-state index >= 15 is 0 Å². The van der Waals surface area contributed by atoms with Gasteiger partial charge in [0, 0.05) is 39.0 Å². The summed E-state index contributed by atoms with van der Waals surface area (Å²) >= 11 is 0. The molecule has 0 radical (unpaired) electrons. The van der Waals surface area contributed by atoms with E-state index in [1.165, 1.54) is 4.90 Å². The number of hydrogen-bond donors (Lipinski definition) is 1. The highest BCUT2D eigenvalue weighted by atomic mass is 16.5. The molecule has 84 valence electrons. The van der Waals surface area contributed by atoms with Gasteiger partial charge >= 0.3 is 5.97 Å². The van der Waals surface area contributed by atoms with Gasteiger partial charge in [-0.05, 0) is 6.42 Å². The van der Waals surface area contributed by atoms with Crippen molar-refractivity contribution in [2.45, 2.75) is 31.2 Å². The van der Waals surface area contributed by atoms with Crippen LogP contribution >= 0.6 is 0 Å². The van der Waals surface area contributed by atoms with Gasteiger partial charge in [-0.3, -0.25) is 4.79 Å². The molecule has 0 atom stereocenters. The zero-order valence-corrected chi connectivity index (χ0v) is 8.57. The first-order valence-corrected chi connectivity index (χ1v) is 5.28. The summed E-state index contributed by atoms with van der Waals surface area (Å²) in [5, 5.41) is 9.32. The molecular weight excluding hydrogens is 198 g/mol. The fraction of sp³-hybridized carbons (Fsp3) is 0.800. The van der Waals surface area contributed by atoms with Crippen molar-refractivity contribution in [2.75, 3.05) is 19.8 Å². The number of carboxylic acids is 1. The number of nitrogens with zero attached hydrogens (tertiary/aromatic N) is 1. The van der Waals surface area contributed by atoms with Gasteiger partial charge in [-0.1, -0.05) is 0 Å². The Bertz CT molecular complexity index is 283. The first-order valence-electron chi connectivity index (χ1n) is 5.28. The van der Waals surface area contributed by atoms with Gasteiger partial charge in [0.2, 0.25) is 5.91 Å². The molecule has 2 aliphatic heterocycles. The molecule has 0 bridgehead atoms. The Labute approximate surface area is 88.0 Å². The van der Waals surface area contributed by atoms with Crippen molar-refractivity contribution in [3.63, 3.8) is 0 Å². The van der Waals surface area contributed by atoms with Gasteiger partial charge in [0.15, 0.2) is 0 Å². The average Bonchev–Trinajstić information content (AvgIpc) is 2.66. The zero-order chi connectivity index (χ0) is 10.9. The number of rotatable bonds is 2. The van der Waals surface area contributed by atoms with Crippen LogP contribution in [0.25, 0.3) is 0 Å². The smallest absolute Gasteiger partial charge is 0.329 e. The van der Waals surface area contributed by atoms with E-state index in [1.807, 2.05) is 0 Å². The van der Waals surface area contributed by atoms with Crippen LogP contribution in [0.1, 0.15) is 25.7 Å². The number of carboxylic acid groups (broad SMARTS) is 1. The Morgan fingerprint density at radius 3 is 2.53 bits per heavy atom. The van der Waals surface area contributed by atoms with Gasteiger partial charge < -0.3 is 14.7 Å². The lowest BCUT2D eigenvalue weighted by Gasteiger charge is -2.40. The van der Waals surface area contributed by atoms with Crippen molar-refractivity contribution in [2.24, 2.45) is 0 Å². The summed E-state index contributed by atoms with van der Waals surface area (Å²) in [4.78, 5) is 24.5. The topological polar surface area (TPSA) is 66.8 Å². The summed E-state index contributed by atoms with van der Waals surface area (Å²) < 4.78 is 5.17. The molecule has 0 saturated carbocycles. The summed E-state index contributed by atoms with van der Waals surface area (Å²) in [7, 11) is 0. The number of aliphatic carboxylic acids is 1. The van der Waals surface area contributed by atoms with Gasteiger partial charge in [-0.15, -0.1) is 0 Å².